The maximum absolute atomic E-state index is 12.5. The van der Waals surface area contributed by atoms with E-state index in [0.29, 0.717) is 10.8 Å². The van der Waals surface area contributed by atoms with Gasteiger partial charge in [0.15, 0.2) is 11.5 Å². The summed E-state index contributed by atoms with van der Waals surface area (Å²) in [6.07, 6.45) is 5.16. The summed E-state index contributed by atoms with van der Waals surface area (Å²) in [5.74, 6) is 0.822. The van der Waals surface area contributed by atoms with Crippen LogP contribution in [0.1, 0.15) is 47.1 Å². The average molecular weight is 371 g/mol. The number of fused-ring (bicyclic) bond motifs is 3. The summed E-state index contributed by atoms with van der Waals surface area (Å²) in [6.45, 7) is 3.62. The van der Waals surface area contributed by atoms with Gasteiger partial charge in [0.2, 0.25) is 0 Å². The molecule has 7 heteroatoms. The minimum atomic E-state index is -0.150. The zero-order valence-corrected chi connectivity index (χ0v) is 15.4. The van der Waals surface area contributed by atoms with Crippen LogP contribution in [-0.2, 0) is 0 Å². The lowest BCUT2D eigenvalue weighted by Gasteiger charge is -2.45. The van der Waals surface area contributed by atoms with Gasteiger partial charge in [0.1, 0.15) is 0 Å². The molecule has 1 atom stereocenters. The SMILES string of the molecule is CC(=O)c1cnc(Sc2ccc(C(=O)NC3CC4CCN3CC4)cc2)o1. The van der Waals surface area contributed by atoms with Crippen LogP contribution >= 0.6 is 11.8 Å². The van der Waals surface area contributed by atoms with Crippen LogP contribution in [-0.4, -0.2) is 40.8 Å². The first kappa shape index (κ1) is 17.3. The molecule has 0 aliphatic carbocycles. The number of rotatable bonds is 5. The first-order valence-corrected chi connectivity index (χ1v) is 9.70. The Bertz CT molecular complexity index is 810. The van der Waals surface area contributed by atoms with E-state index in [4.69, 9.17) is 4.42 Å². The Morgan fingerprint density at radius 3 is 2.54 bits per heavy atom. The van der Waals surface area contributed by atoms with Crippen molar-refractivity contribution in [2.45, 2.75) is 42.5 Å². The second kappa shape index (κ2) is 7.25. The van der Waals surface area contributed by atoms with Gasteiger partial charge in [-0.15, -0.1) is 0 Å². The van der Waals surface area contributed by atoms with E-state index in [1.807, 2.05) is 24.3 Å². The number of hydrogen-bond donors (Lipinski definition) is 1. The Hall–Kier alpha value is -2.12. The van der Waals surface area contributed by atoms with Gasteiger partial charge in [-0.1, -0.05) is 0 Å². The number of carbonyl (C=O) groups is 2. The second-order valence-electron chi connectivity index (χ2n) is 6.88. The maximum Gasteiger partial charge on any atom is 0.261 e. The van der Waals surface area contributed by atoms with Crippen LogP contribution in [0.5, 0.6) is 0 Å². The summed E-state index contributed by atoms with van der Waals surface area (Å²) in [5, 5.41) is 3.58. The average Bonchev–Trinajstić information content (AvgIpc) is 3.12. The predicted molar refractivity (Wildman–Crippen MR) is 97.2 cm³/mol. The van der Waals surface area contributed by atoms with Gasteiger partial charge in [-0.05, 0) is 61.2 Å². The van der Waals surface area contributed by atoms with Crippen LogP contribution in [0.4, 0.5) is 0 Å². The molecular formula is C19H21N3O3S. The van der Waals surface area contributed by atoms with Crippen molar-refractivity contribution in [1.82, 2.24) is 15.2 Å². The Labute approximate surface area is 156 Å². The van der Waals surface area contributed by atoms with Gasteiger partial charge in [-0.25, -0.2) is 4.98 Å². The Kier molecular flexibility index (Phi) is 4.82. The van der Waals surface area contributed by atoms with Gasteiger partial charge in [0.25, 0.3) is 11.1 Å². The van der Waals surface area contributed by atoms with Crippen molar-refractivity contribution in [3.05, 3.63) is 41.8 Å². The minimum Gasteiger partial charge on any atom is -0.428 e. The monoisotopic (exact) mass is 371 g/mol. The van der Waals surface area contributed by atoms with Crippen molar-refractivity contribution in [1.29, 1.82) is 0 Å². The number of piperidine rings is 3. The molecule has 1 unspecified atom stereocenters. The lowest BCUT2D eigenvalue weighted by atomic mass is 9.86. The Morgan fingerprint density at radius 1 is 1.23 bits per heavy atom. The summed E-state index contributed by atoms with van der Waals surface area (Å²) >= 11 is 1.32. The van der Waals surface area contributed by atoms with Gasteiger partial charge in [-0.3, -0.25) is 14.5 Å². The third kappa shape index (κ3) is 3.68. The molecule has 0 spiro atoms. The minimum absolute atomic E-state index is 0.0333. The molecule has 2 aromatic rings. The number of carbonyl (C=O) groups excluding carboxylic acids is 2. The highest BCUT2D eigenvalue weighted by atomic mass is 32.2. The molecule has 1 aromatic heterocycles. The predicted octanol–water partition coefficient (Wildman–Crippen LogP) is 3.20. The number of ketones is 1. The second-order valence-corrected chi connectivity index (χ2v) is 7.90. The smallest absolute Gasteiger partial charge is 0.261 e. The maximum atomic E-state index is 12.5. The summed E-state index contributed by atoms with van der Waals surface area (Å²) in [4.78, 5) is 31.1. The Balaban J connectivity index is 1.37. The fraction of sp³-hybridized carbons (Fsp3) is 0.421. The molecule has 1 N–H and O–H groups in total. The molecule has 5 rings (SSSR count). The van der Waals surface area contributed by atoms with E-state index < -0.39 is 0 Å². The van der Waals surface area contributed by atoms with Crippen molar-refractivity contribution in [2.75, 3.05) is 13.1 Å². The Morgan fingerprint density at radius 2 is 1.96 bits per heavy atom. The van der Waals surface area contributed by atoms with Crippen molar-refractivity contribution in [2.24, 2.45) is 5.92 Å². The largest absolute Gasteiger partial charge is 0.428 e. The summed E-state index contributed by atoms with van der Waals surface area (Å²) in [5.41, 5.74) is 0.647. The number of benzene rings is 1. The molecule has 1 amide bonds. The lowest BCUT2D eigenvalue weighted by molar-refractivity contribution is 0.0295. The normalized spacial score (nSPS) is 24.4. The third-order valence-electron chi connectivity index (χ3n) is 5.10. The number of amides is 1. The van der Waals surface area contributed by atoms with E-state index in [1.54, 1.807) is 0 Å². The molecule has 136 valence electrons. The molecule has 6 nitrogen and oxygen atoms in total. The number of aromatic nitrogens is 1. The molecular weight excluding hydrogens is 350 g/mol. The summed E-state index contributed by atoms with van der Waals surface area (Å²) in [6, 6.07) is 7.35. The molecule has 26 heavy (non-hydrogen) atoms. The highest BCUT2D eigenvalue weighted by Gasteiger charge is 2.34. The third-order valence-corrected chi connectivity index (χ3v) is 5.97. The molecule has 0 radical (unpaired) electrons. The first-order valence-electron chi connectivity index (χ1n) is 8.88. The fourth-order valence-corrected chi connectivity index (χ4v) is 4.30. The van der Waals surface area contributed by atoms with Crippen molar-refractivity contribution < 1.29 is 14.0 Å². The van der Waals surface area contributed by atoms with E-state index >= 15 is 0 Å². The van der Waals surface area contributed by atoms with E-state index in [2.05, 4.69) is 15.2 Å². The van der Waals surface area contributed by atoms with Crippen molar-refractivity contribution >= 4 is 23.5 Å². The van der Waals surface area contributed by atoms with Gasteiger partial charge >= 0.3 is 0 Å². The number of hydrogen-bond acceptors (Lipinski definition) is 6. The van der Waals surface area contributed by atoms with E-state index in [9.17, 15) is 9.59 Å². The molecule has 3 aliphatic heterocycles. The van der Waals surface area contributed by atoms with Crippen LogP contribution < -0.4 is 5.32 Å². The number of Topliss-reactive ketones (excluding diaryl/α,β-unsaturated/α-hetero) is 1. The van der Waals surface area contributed by atoms with E-state index in [-0.39, 0.29) is 23.6 Å². The lowest BCUT2D eigenvalue weighted by Crippen LogP contribution is -2.56. The standard InChI is InChI=1S/C19H21N3O3S/c1-12(23)16-11-20-19(25-16)26-15-4-2-14(3-5-15)18(24)21-17-10-13-6-8-22(17)9-7-13/h2-5,11,13,17H,6-10H2,1H3,(H,21,24). The van der Waals surface area contributed by atoms with Crippen LogP contribution in [0.25, 0.3) is 0 Å². The molecule has 2 bridgehead atoms. The van der Waals surface area contributed by atoms with Crippen LogP contribution in [0, 0.1) is 5.92 Å². The zero-order valence-electron chi connectivity index (χ0n) is 14.6. The van der Waals surface area contributed by atoms with Gasteiger partial charge < -0.3 is 9.73 Å². The first-order chi connectivity index (χ1) is 12.6. The summed E-state index contributed by atoms with van der Waals surface area (Å²) in [7, 11) is 0. The molecule has 3 saturated heterocycles. The molecule has 1 aromatic carbocycles. The van der Waals surface area contributed by atoms with E-state index in [1.165, 1.54) is 37.7 Å². The van der Waals surface area contributed by atoms with Crippen LogP contribution in [0.3, 0.4) is 0 Å². The number of oxazole rings is 1. The highest BCUT2D eigenvalue weighted by Crippen LogP contribution is 2.31. The summed E-state index contributed by atoms with van der Waals surface area (Å²) < 4.78 is 5.37. The molecule has 3 fully saturated rings. The topological polar surface area (TPSA) is 75.4 Å². The fourth-order valence-electron chi connectivity index (χ4n) is 3.59. The molecule has 4 heterocycles. The molecule has 0 saturated carbocycles. The highest BCUT2D eigenvalue weighted by molar-refractivity contribution is 7.99. The van der Waals surface area contributed by atoms with Crippen LogP contribution in [0.2, 0.25) is 0 Å². The van der Waals surface area contributed by atoms with Gasteiger partial charge in [-0.2, -0.15) is 0 Å². The number of nitrogens with zero attached hydrogens (tertiary/aromatic N) is 2. The number of nitrogens with one attached hydrogen (secondary N) is 1. The van der Waals surface area contributed by atoms with Gasteiger partial charge in [0, 0.05) is 30.5 Å². The van der Waals surface area contributed by atoms with Crippen molar-refractivity contribution in [3.63, 3.8) is 0 Å². The molecule has 3 aliphatic rings. The van der Waals surface area contributed by atoms with E-state index in [0.717, 1.165) is 30.3 Å². The van der Waals surface area contributed by atoms with Crippen LogP contribution in [0.15, 0.2) is 45.0 Å². The quantitative estimate of drug-likeness (QED) is 0.814. The zero-order chi connectivity index (χ0) is 18.1. The van der Waals surface area contributed by atoms with Gasteiger partial charge in [0.05, 0.1) is 12.4 Å². The van der Waals surface area contributed by atoms with Crippen molar-refractivity contribution in [3.8, 4) is 0 Å².